The number of benzene rings is 1. The standard InChI is InChI=1S/C16H26N2O2S/c1-11(2)8-14(16(19)20)18-10-15(21)13(17)9-12-6-4-3-5-7-12/h3-7,11,13-15,18,21H,8-10,17H2,1-2H3,(H,19,20)/t13-,14-,15+/m0/s1. The van der Waals surface area contributed by atoms with Crippen molar-refractivity contribution in [1.29, 1.82) is 0 Å². The van der Waals surface area contributed by atoms with Gasteiger partial charge in [-0.05, 0) is 24.3 Å². The highest BCUT2D eigenvalue weighted by Gasteiger charge is 2.21. The lowest BCUT2D eigenvalue weighted by Gasteiger charge is -2.23. The Morgan fingerprint density at radius 3 is 2.48 bits per heavy atom. The van der Waals surface area contributed by atoms with E-state index >= 15 is 0 Å². The zero-order valence-electron chi connectivity index (χ0n) is 12.7. The van der Waals surface area contributed by atoms with Crippen molar-refractivity contribution in [2.45, 2.75) is 44.0 Å². The van der Waals surface area contributed by atoms with Gasteiger partial charge in [-0.15, -0.1) is 0 Å². The van der Waals surface area contributed by atoms with Crippen LogP contribution in [0.5, 0.6) is 0 Å². The third kappa shape index (κ3) is 6.98. The molecule has 0 bridgehead atoms. The number of nitrogens with one attached hydrogen (secondary N) is 1. The van der Waals surface area contributed by atoms with Gasteiger partial charge in [0, 0.05) is 17.8 Å². The van der Waals surface area contributed by atoms with E-state index in [0.717, 1.165) is 6.42 Å². The van der Waals surface area contributed by atoms with Gasteiger partial charge in [0.15, 0.2) is 0 Å². The topological polar surface area (TPSA) is 75.3 Å². The van der Waals surface area contributed by atoms with Crippen LogP contribution < -0.4 is 11.1 Å². The Morgan fingerprint density at radius 1 is 1.33 bits per heavy atom. The second-order valence-electron chi connectivity index (χ2n) is 5.85. The molecule has 0 fully saturated rings. The van der Waals surface area contributed by atoms with Crippen molar-refractivity contribution < 1.29 is 9.90 Å². The van der Waals surface area contributed by atoms with Crippen molar-refractivity contribution in [2.24, 2.45) is 11.7 Å². The highest BCUT2D eigenvalue weighted by atomic mass is 32.1. The smallest absolute Gasteiger partial charge is 0.320 e. The van der Waals surface area contributed by atoms with Crippen LogP contribution in [-0.2, 0) is 11.2 Å². The molecule has 0 aromatic heterocycles. The highest BCUT2D eigenvalue weighted by molar-refractivity contribution is 7.81. The number of hydrogen-bond donors (Lipinski definition) is 4. The van der Waals surface area contributed by atoms with Crippen LogP contribution >= 0.6 is 12.6 Å². The molecule has 0 saturated heterocycles. The van der Waals surface area contributed by atoms with Crippen LogP contribution in [0.15, 0.2) is 30.3 Å². The molecule has 0 aliphatic rings. The van der Waals surface area contributed by atoms with E-state index in [2.05, 4.69) is 17.9 Å². The Morgan fingerprint density at radius 2 is 1.95 bits per heavy atom. The molecule has 0 unspecified atom stereocenters. The van der Waals surface area contributed by atoms with Gasteiger partial charge in [-0.2, -0.15) is 12.6 Å². The summed E-state index contributed by atoms with van der Waals surface area (Å²) in [6, 6.07) is 9.35. The molecular weight excluding hydrogens is 284 g/mol. The highest BCUT2D eigenvalue weighted by Crippen LogP contribution is 2.10. The van der Waals surface area contributed by atoms with Crippen LogP contribution in [0.25, 0.3) is 0 Å². The van der Waals surface area contributed by atoms with E-state index in [4.69, 9.17) is 5.73 Å². The third-order valence-corrected chi connectivity index (χ3v) is 3.95. The fraction of sp³-hybridized carbons (Fsp3) is 0.562. The van der Waals surface area contributed by atoms with Crippen molar-refractivity contribution in [3.63, 3.8) is 0 Å². The molecule has 21 heavy (non-hydrogen) atoms. The second-order valence-corrected chi connectivity index (χ2v) is 6.51. The van der Waals surface area contributed by atoms with E-state index in [1.165, 1.54) is 5.56 Å². The molecule has 5 heteroatoms. The summed E-state index contributed by atoms with van der Waals surface area (Å²) >= 11 is 4.51. The summed E-state index contributed by atoms with van der Waals surface area (Å²) in [5, 5.41) is 12.2. The van der Waals surface area contributed by atoms with Crippen molar-refractivity contribution >= 4 is 18.6 Å². The number of aliphatic carboxylic acids is 1. The summed E-state index contributed by atoms with van der Waals surface area (Å²) < 4.78 is 0. The van der Waals surface area contributed by atoms with E-state index in [9.17, 15) is 9.90 Å². The Bertz CT molecular complexity index is 426. The molecule has 0 saturated carbocycles. The normalized spacial score (nSPS) is 15.7. The van der Waals surface area contributed by atoms with Crippen LogP contribution in [0.1, 0.15) is 25.8 Å². The first kappa shape index (κ1) is 18.0. The first-order chi connectivity index (χ1) is 9.90. The molecule has 118 valence electrons. The summed E-state index contributed by atoms with van der Waals surface area (Å²) in [7, 11) is 0. The molecule has 0 radical (unpaired) electrons. The van der Waals surface area contributed by atoms with Crippen molar-refractivity contribution in [3.05, 3.63) is 35.9 Å². The average Bonchev–Trinajstić information content (AvgIpc) is 2.43. The molecule has 4 N–H and O–H groups in total. The number of rotatable bonds is 9. The summed E-state index contributed by atoms with van der Waals surface area (Å²) in [5.74, 6) is -0.490. The maximum absolute atomic E-state index is 11.2. The predicted octanol–water partition coefficient (Wildman–Crippen LogP) is 1.94. The van der Waals surface area contributed by atoms with Gasteiger partial charge >= 0.3 is 5.97 Å². The number of carbonyl (C=O) groups is 1. The molecule has 0 aliphatic heterocycles. The van der Waals surface area contributed by atoms with Gasteiger partial charge < -0.3 is 16.2 Å². The van der Waals surface area contributed by atoms with E-state index in [1.54, 1.807) is 0 Å². The Balaban J connectivity index is 2.44. The average molecular weight is 310 g/mol. The third-order valence-electron chi connectivity index (χ3n) is 3.39. The van der Waals surface area contributed by atoms with Gasteiger partial charge in [-0.3, -0.25) is 4.79 Å². The van der Waals surface area contributed by atoms with Crippen molar-refractivity contribution in [2.75, 3.05) is 6.54 Å². The Hall–Kier alpha value is -1.04. The molecule has 1 aromatic carbocycles. The molecule has 4 nitrogen and oxygen atoms in total. The minimum atomic E-state index is -0.819. The minimum absolute atomic E-state index is 0.0841. The number of hydrogen-bond acceptors (Lipinski definition) is 4. The fourth-order valence-electron chi connectivity index (χ4n) is 2.18. The van der Waals surface area contributed by atoms with Gasteiger partial charge in [-0.1, -0.05) is 44.2 Å². The van der Waals surface area contributed by atoms with Crippen LogP contribution in [0, 0.1) is 5.92 Å². The molecule has 1 rings (SSSR count). The van der Waals surface area contributed by atoms with Gasteiger partial charge in [0.05, 0.1) is 0 Å². The summed E-state index contributed by atoms with van der Waals surface area (Å²) in [6.07, 6.45) is 1.34. The van der Waals surface area contributed by atoms with Crippen LogP contribution in [0.3, 0.4) is 0 Å². The number of thiol groups is 1. The molecular formula is C16H26N2O2S. The molecule has 1 aromatic rings. The summed E-state index contributed by atoms with van der Waals surface area (Å²) in [4.78, 5) is 11.2. The van der Waals surface area contributed by atoms with E-state index in [1.807, 2.05) is 44.2 Å². The summed E-state index contributed by atoms with van der Waals surface area (Å²) in [6.45, 7) is 4.51. The maximum atomic E-state index is 11.2. The van der Waals surface area contributed by atoms with E-state index < -0.39 is 12.0 Å². The molecule has 3 atom stereocenters. The van der Waals surface area contributed by atoms with E-state index in [0.29, 0.717) is 18.9 Å². The van der Waals surface area contributed by atoms with Gasteiger partial charge in [0.25, 0.3) is 0 Å². The first-order valence-corrected chi connectivity index (χ1v) is 7.85. The Kier molecular flexibility index (Phi) is 7.78. The fourth-order valence-corrected chi connectivity index (χ4v) is 2.39. The molecule has 0 heterocycles. The maximum Gasteiger partial charge on any atom is 0.320 e. The zero-order chi connectivity index (χ0) is 15.8. The lowest BCUT2D eigenvalue weighted by atomic mass is 10.0. The molecule has 0 aliphatic carbocycles. The monoisotopic (exact) mass is 310 g/mol. The molecule has 0 spiro atoms. The van der Waals surface area contributed by atoms with Crippen LogP contribution in [-0.4, -0.2) is 35.0 Å². The lowest BCUT2D eigenvalue weighted by Crippen LogP contribution is -2.46. The largest absolute Gasteiger partial charge is 0.480 e. The first-order valence-electron chi connectivity index (χ1n) is 7.34. The van der Waals surface area contributed by atoms with Crippen LogP contribution in [0.2, 0.25) is 0 Å². The second kappa shape index (κ2) is 9.07. The molecule has 0 amide bonds. The number of nitrogens with two attached hydrogens (primary N) is 1. The predicted molar refractivity (Wildman–Crippen MR) is 89.8 cm³/mol. The number of carboxylic acids is 1. The Labute approximate surface area is 132 Å². The quantitative estimate of drug-likeness (QED) is 0.526. The van der Waals surface area contributed by atoms with Gasteiger partial charge in [-0.25, -0.2) is 0 Å². The SMILES string of the molecule is CC(C)C[C@H](NC[C@@H](S)[C@@H](N)Cc1ccccc1)C(=O)O. The lowest BCUT2D eigenvalue weighted by molar-refractivity contribution is -0.139. The van der Waals surface area contributed by atoms with Gasteiger partial charge in [0.1, 0.15) is 6.04 Å². The van der Waals surface area contributed by atoms with Gasteiger partial charge in [0.2, 0.25) is 0 Å². The summed E-state index contributed by atoms with van der Waals surface area (Å²) in [5.41, 5.74) is 7.32. The van der Waals surface area contributed by atoms with Crippen molar-refractivity contribution in [3.8, 4) is 0 Å². The van der Waals surface area contributed by atoms with Crippen molar-refractivity contribution in [1.82, 2.24) is 5.32 Å². The van der Waals surface area contributed by atoms with E-state index in [-0.39, 0.29) is 11.3 Å². The van der Waals surface area contributed by atoms with Crippen LogP contribution in [0.4, 0.5) is 0 Å². The number of carboxylic acid groups (broad SMARTS) is 1. The zero-order valence-corrected chi connectivity index (χ0v) is 13.6. The minimum Gasteiger partial charge on any atom is -0.480 e.